The van der Waals surface area contributed by atoms with E-state index in [0.29, 0.717) is 12.7 Å². The maximum atomic E-state index is 11.2. The third kappa shape index (κ3) is 6.01. The first-order valence-corrected chi connectivity index (χ1v) is 9.20. The van der Waals surface area contributed by atoms with Crippen LogP contribution in [0, 0.1) is 0 Å². The normalized spacial score (nSPS) is 12.8. The number of hydrogen-bond donors (Lipinski definition) is 0. The lowest BCUT2D eigenvalue weighted by atomic mass is 10.6. The highest BCUT2D eigenvalue weighted by molar-refractivity contribution is 7.86. The summed E-state index contributed by atoms with van der Waals surface area (Å²) in [6.45, 7) is 9.51. The maximum absolute atomic E-state index is 11.2. The summed E-state index contributed by atoms with van der Waals surface area (Å²) < 4.78 is 27.2. The predicted molar refractivity (Wildman–Crippen MR) is 57.7 cm³/mol. The quantitative estimate of drug-likeness (QED) is 0.507. The molecule has 0 aliphatic rings. The predicted octanol–water partition coefficient (Wildman–Crippen LogP) is 1.72. The van der Waals surface area contributed by atoms with Gasteiger partial charge >= 0.3 is 0 Å². The van der Waals surface area contributed by atoms with E-state index < -0.39 is 18.2 Å². The molecule has 0 aliphatic carbocycles. The van der Waals surface area contributed by atoms with Crippen molar-refractivity contribution in [3.05, 3.63) is 12.3 Å². The van der Waals surface area contributed by atoms with Gasteiger partial charge in [-0.25, -0.2) is 0 Å². The second-order valence-corrected chi connectivity index (χ2v) is 10.2. The molecular formula is C8H18O3SSi. The van der Waals surface area contributed by atoms with Crippen molar-refractivity contribution < 1.29 is 12.6 Å². The summed E-state index contributed by atoms with van der Waals surface area (Å²) >= 11 is 0. The number of rotatable bonds is 6. The lowest BCUT2D eigenvalue weighted by molar-refractivity contribution is 0.370. The highest BCUT2D eigenvalue weighted by Crippen LogP contribution is 2.06. The van der Waals surface area contributed by atoms with Gasteiger partial charge in [-0.15, -0.1) is 6.58 Å². The summed E-state index contributed by atoms with van der Waals surface area (Å²) in [5.41, 5.74) is 1.83. The fraction of sp³-hybridized carbons (Fsp3) is 0.750. The molecule has 0 radical (unpaired) electrons. The molecule has 0 aromatic rings. The van der Waals surface area contributed by atoms with Crippen molar-refractivity contribution in [2.75, 3.05) is 12.0 Å². The molecule has 0 aromatic heterocycles. The van der Waals surface area contributed by atoms with Crippen molar-refractivity contribution >= 4 is 18.2 Å². The van der Waals surface area contributed by atoms with Crippen LogP contribution in [0.1, 0.15) is 13.3 Å². The lowest BCUT2D eigenvalue weighted by Gasteiger charge is -2.16. The third-order valence-electron chi connectivity index (χ3n) is 1.62. The van der Waals surface area contributed by atoms with Gasteiger partial charge in [0.2, 0.25) is 0 Å². The fourth-order valence-electron chi connectivity index (χ4n) is 0.610. The monoisotopic (exact) mass is 222 g/mol. The van der Waals surface area contributed by atoms with Crippen LogP contribution in [0.15, 0.2) is 12.3 Å². The third-order valence-corrected chi connectivity index (χ3v) is 5.21. The van der Waals surface area contributed by atoms with Gasteiger partial charge in [0, 0.05) is 0 Å². The van der Waals surface area contributed by atoms with Crippen LogP contribution in [-0.2, 0) is 14.3 Å². The zero-order chi connectivity index (χ0) is 10.5. The molecule has 0 fully saturated rings. The van der Waals surface area contributed by atoms with Crippen LogP contribution < -0.4 is 0 Å². The molecule has 0 unspecified atom stereocenters. The van der Waals surface area contributed by atoms with Gasteiger partial charge < -0.3 is 0 Å². The van der Waals surface area contributed by atoms with Crippen molar-refractivity contribution in [1.29, 1.82) is 0 Å². The average molecular weight is 222 g/mol. The van der Waals surface area contributed by atoms with Crippen molar-refractivity contribution in [1.82, 2.24) is 0 Å². The smallest absolute Gasteiger partial charge is 0.267 e. The van der Waals surface area contributed by atoms with E-state index in [9.17, 15) is 8.42 Å². The van der Waals surface area contributed by atoms with Crippen molar-refractivity contribution in [3.8, 4) is 0 Å². The highest BCUT2D eigenvalue weighted by atomic mass is 32.2. The Kier molecular flexibility index (Phi) is 4.88. The van der Waals surface area contributed by atoms with Crippen molar-refractivity contribution in [3.63, 3.8) is 0 Å². The van der Waals surface area contributed by atoms with Gasteiger partial charge in [0.05, 0.1) is 12.0 Å². The Balaban J connectivity index is 4.10. The van der Waals surface area contributed by atoms with Gasteiger partial charge in [-0.3, -0.25) is 4.18 Å². The second-order valence-electron chi connectivity index (χ2n) is 3.72. The first-order valence-electron chi connectivity index (χ1n) is 4.33. The van der Waals surface area contributed by atoms with Crippen LogP contribution in [-0.4, -0.2) is 28.5 Å². The highest BCUT2D eigenvalue weighted by Gasteiger charge is 2.20. The minimum absolute atomic E-state index is 0.106. The van der Waals surface area contributed by atoms with Gasteiger partial charge in [-0.05, 0) is 6.42 Å². The first kappa shape index (κ1) is 12.9. The van der Waals surface area contributed by atoms with Crippen molar-refractivity contribution in [2.24, 2.45) is 0 Å². The van der Waals surface area contributed by atoms with E-state index in [-0.39, 0.29) is 5.75 Å². The minimum atomic E-state index is -3.29. The van der Waals surface area contributed by atoms with E-state index in [1.807, 2.05) is 25.7 Å². The standard InChI is InChI=1S/C8H18O3SSi/c1-5-7-12(9,10)11-8-13(3,4)6-2/h6H,2,5,7-8H2,1,3-4H3. The van der Waals surface area contributed by atoms with Gasteiger partial charge in [0.15, 0.2) is 0 Å². The van der Waals surface area contributed by atoms with Gasteiger partial charge in [0.25, 0.3) is 10.1 Å². The SMILES string of the molecule is C=C[Si](C)(C)COS(=O)(=O)CCC. The van der Waals surface area contributed by atoms with E-state index in [2.05, 4.69) is 6.58 Å². The molecule has 78 valence electrons. The molecule has 0 amide bonds. The van der Waals surface area contributed by atoms with Crippen LogP contribution in [0.5, 0.6) is 0 Å². The zero-order valence-corrected chi connectivity index (χ0v) is 10.4. The van der Waals surface area contributed by atoms with Gasteiger partial charge in [0.1, 0.15) is 8.07 Å². The van der Waals surface area contributed by atoms with E-state index in [1.165, 1.54) is 0 Å². The molecule has 0 rings (SSSR count). The van der Waals surface area contributed by atoms with Crippen LogP contribution in [0.3, 0.4) is 0 Å². The zero-order valence-electron chi connectivity index (χ0n) is 8.54. The Bertz CT molecular complexity index is 257. The summed E-state index contributed by atoms with van der Waals surface area (Å²) in [4.78, 5) is 0. The lowest BCUT2D eigenvalue weighted by Crippen LogP contribution is -2.32. The van der Waals surface area contributed by atoms with Gasteiger partial charge in [-0.1, -0.05) is 25.7 Å². The van der Waals surface area contributed by atoms with E-state index in [4.69, 9.17) is 4.18 Å². The largest absolute Gasteiger partial charge is 0.273 e. The Morgan fingerprint density at radius 2 is 2.00 bits per heavy atom. The summed E-state index contributed by atoms with van der Waals surface area (Å²) in [7, 11) is -4.94. The van der Waals surface area contributed by atoms with E-state index in [1.54, 1.807) is 0 Å². The van der Waals surface area contributed by atoms with Crippen molar-refractivity contribution in [2.45, 2.75) is 26.4 Å². The summed E-state index contributed by atoms with van der Waals surface area (Å²) in [6.07, 6.45) is 0.900. The van der Waals surface area contributed by atoms with Crippen LogP contribution in [0.25, 0.3) is 0 Å². The molecule has 5 heteroatoms. The molecule has 3 nitrogen and oxygen atoms in total. The van der Waals surface area contributed by atoms with Gasteiger partial charge in [-0.2, -0.15) is 8.42 Å². The summed E-state index contributed by atoms with van der Waals surface area (Å²) in [6, 6.07) is 0. The van der Waals surface area contributed by atoms with E-state index in [0.717, 1.165) is 0 Å². The van der Waals surface area contributed by atoms with Crippen LogP contribution in [0.2, 0.25) is 13.1 Å². The summed E-state index contributed by atoms with van der Waals surface area (Å²) in [5, 5.41) is 0. The Hall–Kier alpha value is -0.133. The molecule has 0 bridgehead atoms. The molecule has 0 aliphatic heterocycles. The maximum Gasteiger partial charge on any atom is 0.267 e. The summed E-state index contributed by atoms with van der Waals surface area (Å²) in [5.74, 6) is 0.106. The number of hydrogen-bond acceptors (Lipinski definition) is 3. The molecule has 0 N–H and O–H groups in total. The molecule has 0 saturated heterocycles. The topological polar surface area (TPSA) is 43.4 Å². The molecule has 0 saturated carbocycles. The minimum Gasteiger partial charge on any atom is -0.273 e. The molecule has 0 atom stereocenters. The second kappa shape index (κ2) is 4.93. The van der Waals surface area contributed by atoms with Crippen LogP contribution in [0.4, 0.5) is 0 Å². The Labute approximate surface area is 81.9 Å². The van der Waals surface area contributed by atoms with Crippen LogP contribution >= 0.6 is 0 Å². The Morgan fingerprint density at radius 3 is 2.38 bits per heavy atom. The average Bonchev–Trinajstić information content (AvgIpc) is 2.02. The molecule has 13 heavy (non-hydrogen) atoms. The first-order chi connectivity index (χ1) is 5.83. The molecule has 0 spiro atoms. The van der Waals surface area contributed by atoms with E-state index >= 15 is 0 Å². The Morgan fingerprint density at radius 1 is 1.46 bits per heavy atom. The molecule has 0 aromatic carbocycles. The molecule has 0 heterocycles. The molecular weight excluding hydrogens is 204 g/mol. The fourth-order valence-corrected chi connectivity index (χ4v) is 3.28.